The predicted molar refractivity (Wildman–Crippen MR) is 80.4 cm³/mol. The Morgan fingerprint density at radius 2 is 1.90 bits per heavy atom. The maximum atomic E-state index is 12.4. The van der Waals surface area contributed by atoms with E-state index in [4.69, 9.17) is 9.15 Å². The van der Waals surface area contributed by atoms with E-state index in [0.717, 1.165) is 0 Å². The van der Waals surface area contributed by atoms with E-state index in [1.165, 1.54) is 12.8 Å². The van der Waals surface area contributed by atoms with E-state index in [-0.39, 0.29) is 15.6 Å². The Labute approximate surface area is 132 Å². The van der Waals surface area contributed by atoms with Crippen LogP contribution in [-0.4, -0.2) is 33.7 Å². The number of hydrogen-bond acceptors (Lipinski definition) is 5. The first-order valence-electron chi connectivity index (χ1n) is 7.16. The van der Waals surface area contributed by atoms with E-state index in [9.17, 15) is 8.42 Å². The molecule has 1 aliphatic heterocycles. The van der Waals surface area contributed by atoms with Crippen LogP contribution in [0.2, 0.25) is 0 Å². The largest absolute Gasteiger partial charge is 0.452 e. The van der Waals surface area contributed by atoms with Crippen molar-refractivity contribution in [3.63, 3.8) is 0 Å². The van der Waals surface area contributed by atoms with E-state index < -0.39 is 10.0 Å². The molecule has 0 spiro atoms. The fourth-order valence-electron chi connectivity index (χ4n) is 2.30. The molecular formula is C13H19BrN2O4S. The number of nitrogens with one attached hydrogen (secondary N) is 2. The summed E-state index contributed by atoms with van der Waals surface area (Å²) in [5.41, 5.74) is 0. The van der Waals surface area contributed by atoms with Gasteiger partial charge in [-0.2, -0.15) is 0 Å². The lowest BCUT2D eigenvalue weighted by Crippen LogP contribution is -2.38. The lowest BCUT2D eigenvalue weighted by molar-refractivity contribution is 0.0832. The monoisotopic (exact) mass is 378 g/mol. The lowest BCUT2D eigenvalue weighted by atomic mass is 10.1. The second-order valence-electron chi connectivity index (χ2n) is 5.51. The van der Waals surface area contributed by atoms with Gasteiger partial charge in [0.1, 0.15) is 10.7 Å². The Bertz CT molecular complexity index is 591. The summed E-state index contributed by atoms with van der Waals surface area (Å²) in [7, 11) is -3.57. The summed E-state index contributed by atoms with van der Waals surface area (Å²) in [6, 6.07) is 2.06. The molecule has 1 aromatic rings. The quantitative estimate of drug-likeness (QED) is 0.787. The van der Waals surface area contributed by atoms with Gasteiger partial charge >= 0.3 is 0 Å². The summed E-state index contributed by atoms with van der Waals surface area (Å²) >= 11 is 3.20. The van der Waals surface area contributed by atoms with E-state index in [0.29, 0.717) is 44.4 Å². The summed E-state index contributed by atoms with van der Waals surface area (Å²) in [6.07, 6.45) is 3.76. The van der Waals surface area contributed by atoms with Crippen molar-refractivity contribution < 1.29 is 17.6 Å². The Morgan fingerprint density at radius 1 is 1.19 bits per heavy atom. The Hall–Kier alpha value is -0.410. The van der Waals surface area contributed by atoms with Crippen molar-refractivity contribution in [1.82, 2.24) is 10.0 Å². The number of halogens is 1. The fourth-order valence-corrected chi connectivity index (χ4v) is 4.60. The van der Waals surface area contributed by atoms with Crippen LogP contribution in [0.1, 0.15) is 31.4 Å². The first-order chi connectivity index (χ1) is 10.0. The van der Waals surface area contributed by atoms with Crippen molar-refractivity contribution >= 4 is 26.0 Å². The van der Waals surface area contributed by atoms with Crippen LogP contribution < -0.4 is 10.0 Å². The van der Waals surface area contributed by atoms with Crippen LogP contribution in [-0.2, 0) is 21.3 Å². The minimum atomic E-state index is -3.57. The molecule has 3 rings (SSSR count). The minimum absolute atomic E-state index is 0.0708. The second kappa shape index (κ2) is 6.37. The first kappa shape index (κ1) is 15.5. The van der Waals surface area contributed by atoms with Gasteiger partial charge in [-0.15, -0.1) is 0 Å². The second-order valence-corrected chi connectivity index (χ2v) is 7.92. The third-order valence-corrected chi connectivity index (χ3v) is 6.06. The molecule has 0 radical (unpaired) electrons. The topological polar surface area (TPSA) is 80.6 Å². The third kappa shape index (κ3) is 4.07. The molecule has 1 aliphatic carbocycles. The molecule has 0 unspecified atom stereocenters. The van der Waals surface area contributed by atoms with E-state index >= 15 is 0 Å². The van der Waals surface area contributed by atoms with Crippen molar-refractivity contribution in [3.05, 3.63) is 16.5 Å². The maximum absolute atomic E-state index is 12.4. The maximum Gasteiger partial charge on any atom is 0.245 e. The van der Waals surface area contributed by atoms with Gasteiger partial charge in [0.25, 0.3) is 0 Å². The summed E-state index contributed by atoms with van der Waals surface area (Å²) in [5, 5.41) is 3.30. The third-order valence-electron chi connectivity index (χ3n) is 3.68. The molecule has 2 heterocycles. The van der Waals surface area contributed by atoms with Crippen LogP contribution in [0.5, 0.6) is 0 Å². The molecule has 1 saturated heterocycles. The fraction of sp³-hybridized carbons (Fsp3) is 0.692. The van der Waals surface area contributed by atoms with Gasteiger partial charge in [0.2, 0.25) is 10.0 Å². The normalized spacial score (nSPS) is 20.8. The molecule has 0 bridgehead atoms. The summed E-state index contributed by atoms with van der Waals surface area (Å²) < 4.78 is 38.5. The molecule has 1 saturated carbocycles. The van der Waals surface area contributed by atoms with Crippen molar-refractivity contribution in [1.29, 1.82) is 0 Å². The van der Waals surface area contributed by atoms with Crippen molar-refractivity contribution in [2.75, 3.05) is 13.2 Å². The van der Waals surface area contributed by atoms with E-state index in [1.807, 2.05) is 0 Å². The van der Waals surface area contributed by atoms with Crippen molar-refractivity contribution in [2.24, 2.45) is 0 Å². The number of sulfonamides is 1. The highest BCUT2D eigenvalue weighted by Gasteiger charge is 2.27. The number of ether oxygens (including phenoxy) is 1. The predicted octanol–water partition coefficient (Wildman–Crippen LogP) is 1.75. The van der Waals surface area contributed by atoms with Crippen LogP contribution in [0, 0.1) is 0 Å². The number of hydrogen-bond donors (Lipinski definition) is 2. The average Bonchev–Trinajstić information content (AvgIpc) is 3.19. The standard InChI is InChI=1S/C13H19BrN2O4S/c14-13-12(7-11(20-13)8-15-9-1-2-9)21(17,18)16-10-3-5-19-6-4-10/h7,9-10,15-16H,1-6,8H2. The van der Waals surface area contributed by atoms with Crippen LogP contribution in [0.15, 0.2) is 20.0 Å². The van der Waals surface area contributed by atoms with Gasteiger partial charge in [0, 0.05) is 31.4 Å². The smallest absolute Gasteiger partial charge is 0.245 e. The zero-order chi connectivity index (χ0) is 14.9. The molecule has 2 fully saturated rings. The minimum Gasteiger partial charge on any atom is -0.452 e. The van der Waals surface area contributed by atoms with Crippen LogP contribution >= 0.6 is 15.9 Å². The highest BCUT2D eigenvalue weighted by Crippen LogP contribution is 2.27. The molecule has 2 aliphatic rings. The molecule has 0 atom stereocenters. The van der Waals surface area contributed by atoms with Crippen molar-refractivity contribution in [3.8, 4) is 0 Å². The SMILES string of the molecule is O=S(=O)(NC1CCOCC1)c1cc(CNC2CC2)oc1Br. The molecule has 6 nitrogen and oxygen atoms in total. The van der Waals surface area contributed by atoms with E-state index in [2.05, 4.69) is 26.0 Å². The molecule has 8 heteroatoms. The van der Waals surface area contributed by atoms with Crippen LogP contribution in [0.3, 0.4) is 0 Å². The first-order valence-corrected chi connectivity index (χ1v) is 9.44. The average molecular weight is 379 g/mol. The van der Waals surface area contributed by atoms with Gasteiger partial charge in [-0.3, -0.25) is 0 Å². The van der Waals surface area contributed by atoms with Crippen molar-refractivity contribution in [2.45, 2.75) is 49.2 Å². The zero-order valence-electron chi connectivity index (χ0n) is 11.6. The van der Waals surface area contributed by atoms with Gasteiger partial charge in [-0.1, -0.05) is 0 Å². The van der Waals surface area contributed by atoms with Crippen LogP contribution in [0.4, 0.5) is 0 Å². The molecular weight excluding hydrogens is 360 g/mol. The summed E-state index contributed by atoms with van der Waals surface area (Å²) in [6.45, 7) is 1.74. The number of furan rings is 1. The van der Waals surface area contributed by atoms with Crippen LogP contribution in [0.25, 0.3) is 0 Å². The zero-order valence-corrected chi connectivity index (χ0v) is 14.0. The van der Waals surface area contributed by atoms with Gasteiger partial charge in [0.15, 0.2) is 4.67 Å². The highest BCUT2D eigenvalue weighted by molar-refractivity contribution is 9.10. The lowest BCUT2D eigenvalue weighted by Gasteiger charge is -2.22. The van der Waals surface area contributed by atoms with Gasteiger partial charge < -0.3 is 14.5 Å². The molecule has 0 aromatic carbocycles. The Morgan fingerprint density at radius 3 is 2.57 bits per heavy atom. The molecule has 118 valence electrons. The van der Waals surface area contributed by atoms with Gasteiger partial charge in [-0.05, 0) is 41.6 Å². The molecule has 0 amide bonds. The van der Waals surface area contributed by atoms with E-state index in [1.54, 1.807) is 6.07 Å². The number of rotatable bonds is 6. The molecule has 1 aromatic heterocycles. The Kier molecular flexibility index (Phi) is 4.70. The van der Waals surface area contributed by atoms with Gasteiger partial charge in [0.05, 0.1) is 6.54 Å². The molecule has 21 heavy (non-hydrogen) atoms. The van der Waals surface area contributed by atoms with Gasteiger partial charge in [-0.25, -0.2) is 13.1 Å². The molecule has 2 N–H and O–H groups in total. The Balaban J connectivity index is 1.68. The summed E-state index contributed by atoms with van der Waals surface area (Å²) in [5.74, 6) is 0.626. The highest BCUT2D eigenvalue weighted by atomic mass is 79.9. The summed E-state index contributed by atoms with van der Waals surface area (Å²) in [4.78, 5) is 0.168.